The van der Waals surface area contributed by atoms with Crippen molar-refractivity contribution >= 4 is 10.8 Å². The van der Waals surface area contributed by atoms with Gasteiger partial charge in [0.25, 0.3) is 0 Å². The average Bonchev–Trinajstić information content (AvgIpc) is 3.04. The van der Waals surface area contributed by atoms with Crippen LogP contribution in [0.1, 0.15) is 24.7 Å². The number of hydrogen-bond donors (Lipinski definition) is 1. The van der Waals surface area contributed by atoms with E-state index in [2.05, 4.69) is 41.5 Å². The lowest BCUT2D eigenvalue weighted by atomic mass is 10.1. The van der Waals surface area contributed by atoms with Crippen LogP contribution in [0, 0.1) is 0 Å². The quantitative estimate of drug-likeness (QED) is 0.743. The molecule has 0 saturated heterocycles. The molecule has 0 aliphatic heterocycles. The highest BCUT2D eigenvalue weighted by molar-refractivity contribution is 5.81. The first kappa shape index (κ1) is 13.8. The van der Waals surface area contributed by atoms with Crippen LogP contribution in [0.2, 0.25) is 0 Å². The number of benzene rings is 1. The van der Waals surface area contributed by atoms with Gasteiger partial charge in [0.2, 0.25) is 0 Å². The van der Waals surface area contributed by atoms with Crippen molar-refractivity contribution in [2.24, 2.45) is 0 Å². The summed E-state index contributed by atoms with van der Waals surface area (Å²) in [7, 11) is 0. The average molecular weight is 280 g/mol. The Morgan fingerprint density at radius 1 is 1.19 bits per heavy atom. The number of furan rings is 1. The van der Waals surface area contributed by atoms with E-state index >= 15 is 0 Å². The van der Waals surface area contributed by atoms with Crippen LogP contribution in [-0.4, -0.2) is 11.0 Å². The molecule has 1 atom stereocenters. The molecule has 2 aromatic heterocycles. The van der Waals surface area contributed by atoms with Crippen LogP contribution in [0.15, 0.2) is 59.5 Å². The molecule has 0 bridgehead atoms. The lowest BCUT2D eigenvalue weighted by Gasteiger charge is -2.13. The number of nitrogens with zero attached hydrogens (tertiary/aromatic N) is 1. The first-order chi connectivity index (χ1) is 10.3. The van der Waals surface area contributed by atoms with Gasteiger partial charge in [-0.1, -0.05) is 12.1 Å². The predicted molar refractivity (Wildman–Crippen MR) is 85.1 cm³/mol. The molecule has 108 valence electrons. The normalized spacial score (nSPS) is 12.6. The van der Waals surface area contributed by atoms with Crippen LogP contribution in [0.25, 0.3) is 10.8 Å². The number of fused-ring (bicyclic) bond motifs is 1. The van der Waals surface area contributed by atoms with Crippen molar-refractivity contribution in [2.75, 3.05) is 0 Å². The van der Waals surface area contributed by atoms with E-state index < -0.39 is 0 Å². The number of aryl methyl sites for hydroxylation is 1. The number of aromatic nitrogens is 1. The largest absolute Gasteiger partial charge is 0.469 e. The van der Waals surface area contributed by atoms with E-state index in [9.17, 15) is 0 Å². The van der Waals surface area contributed by atoms with E-state index in [1.54, 1.807) is 6.26 Å². The Kier molecular flexibility index (Phi) is 4.31. The van der Waals surface area contributed by atoms with Gasteiger partial charge in [-0.15, -0.1) is 0 Å². The molecule has 0 aliphatic rings. The summed E-state index contributed by atoms with van der Waals surface area (Å²) in [5.74, 6) is 1.06. The van der Waals surface area contributed by atoms with E-state index in [0.29, 0.717) is 6.04 Å². The van der Waals surface area contributed by atoms with Crippen molar-refractivity contribution in [1.29, 1.82) is 0 Å². The van der Waals surface area contributed by atoms with Crippen molar-refractivity contribution in [1.82, 2.24) is 10.3 Å². The molecule has 0 saturated carbocycles. The molecule has 1 N–H and O–H groups in total. The maximum atomic E-state index is 5.36. The maximum absolute atomic E-state index is 5.36. The second-order valence-electron chi connectivity index (χ2n) is 5.46. The summed E-state index contributed by atoms with van der Waals surface area (Å²) in [5, 5.41) is 6.00. The Morgan fingerprint density at radius 3 is 3.00 bits per heavy atom. The van der Waals surface area contributed by atoms with Crippen molar-refractivity contribution in [2.45, 2.75) is 32.4 Å². The molecule has 0 radical (unpaired) electrons. The Labute approximate surface area is 125 Å². The van der Waals surface area contributed by atoms with E-state index in [0.717, 1.165) is 25.1 Å². The molecular formula is C18H20N2O. The van der Waals surface area contributed by atoms with Gasteiger partial charge >= 0.3 is 0 Å². The monoisotopic (exact) mass is 280 g/mol. The number of nitrogens with one attached hydrogen (secondary N) is 1. The van der Waals surface area contributed by atoms with E-state index in [1.807, 2.05) is 24.5 Å². The van der Waals surface area contributed by atoms with Crippen molar-refractivity contribution in [3.63, 3.8) is 0 Å². The van der Waals surface area contributed by atoms with Gasteiger partial charge < -0.3 is 9.73 Å². The Hall–Kier alpha value is -2.13. The van der Waals surface area contributed by atoms with Gasteiger partial charge in [0.1, 0.15) is 5.76 Å². The van der Waals surface area contributed by atoms with Gasteiger partial charge in [0, 0.05) is 36.8 Å². The summed E-state index contributed by atoms with van der Waals surface area (Å²) < 4.78 is 5.36. The van der Waals surface area contributed by atoms with Gasteiger partial charge in [-0.05, 0) is 48.6 Å². The molecule has 1 unspecified atom stereocenters. The van der Waals surface area contributed by atoms with Gasteiger partial charge in [0.05, 0.1) is 6.26 Å². The van der Waals surface area contributed by atoms with Crippen molar-refractivity contribution in [3.8, 4) is 0 Å². The van der Waals surface area contributed by atoms with Gasteiger partial charge in [-0.3, -0.25) is 4.98 Å². The highest BCUT2D eigenvalue weighted by Crippen LogP contribution is 2.14. The van der Waals surface area contributed by atoms with Crippen LogP contribution >= 0.6 is 0 Å². The molecule has 0 aliphatic carbocycles. The summed E-state index contributed by atoms with van der Waals surface area (Å²) in [6, 6.07) is 13.0. The van der Waals surface area contributed by atoms with Crippen LogP contribution in [-0.2, 0) is 13.0 Å². The third kappa shape index (κ3) is 3.70. The number of rotatable bonds is 6. The van der Waals surface area contributed by atoms with Crippen LogP contribution in [0.3, 0.4) is 0 Å². The number of hydrogen-bond acceptors (Lipinski definition) is 3. The molecule has 0 amide bonds. The number of pyridine rings is 1. The van der Waals surface area contributed by atoms with Gasteiger partial charge in [-0.25, -0.2) is 0 Å². The summed E-state index contributed by atoms with van der Waals surface area (Å²) in [6.07, 6.45) is 7.52. The third-order valence-electron chi connectivity index (χ3n) is 3.76. The van der Waals surface area contributed by atoms with E-state index in [4.69, 9.17) is 4.42 Å². The SMILES string of the molecule is CC(CCc1ccco1)NCc1ccc2cnccc2c1. The molecule has 0 spiro atoms. The summed E-state index contributed by atoms with van der Waals surface area (Å²) >= 11 is 0. The van der Waals surface area contributed by atoms with Crippen molar-refractivity contribution < 1.29 is 4.42 Å². The second kappa shape index (κ2) is 6.55. The molecule has 3 rings (SSSR count). The first-order valence-corrected chi connectivity index (χ1v) is 7.40. The molecular weight excluding hydrogens is 260 g/mol. The maximum Gasteiger partial charge on any atom is 0.103 e. The van der Waals surface area contributed by atoms with E-state index in [-0.39, 0.29) is 0 Å². The highest BCUT2D eigenvalue weighted by Gasteiger charge is 2.04. The summed E-state index contributed by atoms with van der Waals surface area (Å²) in [6.45, 7) is 3.10. The minimum atomic E-state index is 0.461. The Balaban J connectivity index is 1.53. The minimum Gasteiger partial charge on any atom is -0.469 e. The zero-order valence-electron chi connectivity index (χ0n) is 12.3. The zero-order valence-corrected chi connectivity index (χ0v) is 12.3. The fraction of sp³-hybridized carbons (Fsp3) is 0.278. The van der Waals surface area contributed by atoms with Crippen LogP contribution in [0.4, 0.5) is 0 Å². The Bertz CT molecular complexity index is 691. The second-order valence-corrected chi connectivity index (χ2v) is 5.46. The standard InChI is InChI=1S/C18H20N2O/c1-14(4-7-18-3-2-10-21-18)20-12-15-5-6-17-13-19-9-8-16(17)11-15/h2-3,5-6,8-11,13-14,20H,4,7,12H2,1H3. The zero-order chi connectivity index (χ0) is 14.5. The fourth-order valence-corrected chi connectivity index (χ4v) is 2.45. The fourth-order valence-electron chi connectivity index (χ4n) is 2.45. The lowest BCUT2D eigenvalue weighted by Crippen LogP contribution is -2.25. The third-order valence-corrected chi connectivity index (χ3v) is 3.76. The molecule has 1 aromatic carbocycles. The first-order valence-electron chi connectivity index (χ1n) is 7.40. The van der Waals surface area contributed by atoms with Crippen molar-refractivity contribution in [3.05, 3.63) is 66.4 Å². The van der Waals surface area contributed by atoms with Crippen LogP contribution in [0.5, 0.6) is 0 Å². The van der Waals surface area contributed by atoms with E-state index in [1.165, 1.54) is 16.3 Å². The molecule has 2 heterocycles. The van der Waals surface area contributed by atoms with Crippen LogP contribution < -0.4 is 5.32 Å². The molecule has 3 nitrogen and oxygen atoms in total. The molecule has 21 heavy (non-hydrogen) atoms. The van der Waals surface area contributed by atoms with Gasteiger partial charge in [-0.2, -0.15) is 0 Å². The van der Waals surface area contributed by atoms with Gasteiger partial charge in [0.15, 0.2) is 0 Å². The highest BCUT2D eigenvalue weighted by atomic mass is 16.3. The molecule has 0 fully saturated rings. The molecule has 3 aromatic rings. The molecule has 3 heteroatoms. The Morgan fingerprint density at radius 2 is 2.14 bits per heavy atom. The topological polar surface area (TPSA) is 38.1 Å². The minimum absolute atomic E-state index is 0.461. The predicted octanol–water partition coefficient (Wildman–Crippen LogP) is 3.94. The smallest absolute Gasteiger partial charge is 0.103 e. The summed E-state index contributed by atoms with van der Waals surface area (Å²) in [4.78, 5) is 4.14. The lowest BCUT2D eigenvalue weighted by molar-refractivity contribution is 0.460. The summed E-state index contributed by atoms with van der Waals surface area (Å²) in [5.41, 5.74) is 1.30.